The van der Waals surface area contributed by atoms with Crippen LogP contribution in [0.1, 0.15) is 55.6 Å². The lowest BCUT2D eigenvalue weighted by Crippen LogP contribution is -2.40. The third-order valence-electron chi connectivity index (χ3n) is 7.66. The van der Waals surface area contributed by atoms with Gasteiger partial charge in [-0.25, -0.2) is 15.0 Å². The van der Waals surface area contributed by atoms with Gasteiger partial charge in [-0.1, -0.05) is 19.6 Å². The molecular formula is C27H37N7. The summed E-state index contributed by atoms with van der Waals surface area (Å²) in [6.07, 6.45) is 9.29. The fourth-order valence-corrected chi connectivity index (χ4v) is 5.71. The van der Waals surface area contributed by atoms with Crippen LogP contribution in [0.2, 0.25) is 0 Å². The summed E-state index contributed by atoms with van der Waals surface area (Å²) in [6.45, 7) is 14.2. The van der Waals surface area contributed by atoms with Gasteiger partial charge in [-0.3, -0.25) is 4.90 Å². The minimum Gasteiger partial charge on any atom is -0.375 e. The standard InChI is InChI=1S/C27H37N7/c1-4-26-31-24-15-19(2)5-6-25(24)34(26)23-9-13-33(14-10-23)20(3)22-7-11-32(12-8-22)18-21-16-29-27(28)30-17-21/h5-6,15-17,22-23H,3-4,7-14,18H2,1-2H3,(H2,28,29,30). The van der Waals surface area contributed by atoms with Crippen LogP contribution in [0.25, 0.3) is 11.0 Å². The number of rotatable bonds is 6. The predicted molar refractivity (Wildman–Crippen MR) is 137 cm³/mol. The minimum atomic E-state index is 0.338. The van der Waals surface area contributed by atoms with Crippen molar-refractivity contribution in [1.29, 1.82) is 0 Å². The fourth-order valence-electron chi connectivity index (χ4n) is 5.71. The summed E-state index contributed by atoms with van der Waals surface area (Å²) in [7, 11) is 0. The molecule has 2 saturated heterocycles. The molecule has 2 aromatic heterocycles. The molecule has 0 bridgehead atoms. The molecule has 5 rings (SSSR count). The molecule has 1 aromatic carbocycles. The molecule has 0 radical (unpaired) electrons. The number of fused-ring (bicyclic) bond motifs is 1. The quantitative estimate of drug-likeness (QED) is 0.591. The van der Waals surface area contributed by atoms with Crippen LogP contribution in [-0.4, -0.2) is 55.5 Å². The molecule has 2 aliphatic rings. The number of nitrogens with zero attached hydrogens (tertiary/aromatic N) is 6. The molecule has 0 saturated carbocycles. The average molecular weight is 460 g/mol. The smallest absolute Gasteiger partial charge is 0.219 e. The number of piperidine rings is 2. The van der Waals surface area contributed by atoms with Gasteiger partial charge in [0.25, 0.3) is 0 Å². The van der Waals surface area contributed by atoms with Gasteiger partial charge >= 0.3 is 0 Å². The number of likely N-dealkylation sites (tertiary alicyclic amines) is 2. The van der Waals surface area contributed by atoms with E-state index >= 15 is 0 Å². The highest BCUT2D eigenvalue weighted by atomic mass is 15.2. The molecule has 0 amide bonds. The van der Waals surface area contributed by atoms with E-state index in [1.807, 2.05) is 12.4 Å². The van der Waals surface area contributed by atoms with E-state index in [1.165, 1.54) is 35.4 Å². The molecule has 2 N–H and O–H groups in total. The molecule has 34 heavy (non-hydrogen) atoms. The summed E-state index contributed by atoms with van der Waals surface area (Å²) in [5.41, 5.74) is 11.8. The minimum absolute atomic E-state index is 0.338. The SMILES string of the molecule is C=C(C1CCN(Cc2cnc(N)nc2)CC1)N1CCC(n2c(CC)nc3cc(C)ccc32)CC1. The van der Waals surface area contributed by atoms with E-state index in [-0.39, 0.29) is 0 Å². The zero-order valence-corrected chi connectivity index (χ0v) is 20.6. The third-order valence-corrected chi connectivity index (χ3v) is 7.66. The molecular weight excluding hydrogens is 422 g/mol. The van der Waals surface area contributed by atoms with Gasteiger partial charge in [0.2, 0.25) is 5.95 Å². The summed E-state index contributed by atoms with van der Waals surface area (Å²) >= 11 is 0. The van der Waals surface area contributed by atoms with Crippen LogP contribution >= 0.6 is 0 Å². The Morgan fingerprint density at radius 2 is 1.76 bits per heavy atom. The zero-order chi connectivity index (χ0) is 23.7. The lowest BCUT2D eigenvalue weighted by molar-refractivity contribution is 0.154. The first-order valence-electron chi connectivity index (χ1n) is 12.7. The summed E-state index contributed by atoms with van der Waals surface area (Å²) in [5.74, 6) is 2.14. The van der Waals surface area contributed by atoms with Crippen molar-refractivity contribution in [3.05, 3.63) is 59.8 Å². The summed E-state index contributed by atoms with van der Waals surface area (Å²) < 4.78 is 2.52. The number of nitrogens with two attached hydrogens (primary N) is 1. The number of imidazole rings is 1. The molecule has 2 fully saturated rings. The Labute approximate surface area is 202 Å². The van der Waals surface area contributed by atoms with Gasteiger partial charge in [0.05, 0.1) is 11.0 Å². The van der Waals surface area contributed by atoms with E-state index in [2.05, 4.69) is 63.0 Å². The molecule has 2 aliphatic heterocycles. The summed E-state index contributed by atoms with van der Waals surface area (Å²) in [4.78, 5) is 18.2. The number of anilines is 1. The van der Waals surface area contributed by atoms with Crippen LogP contribution in [0, 0.1) is 12.8 Å². The second kappa shape index (κ2) is 9.74. The largest absolute Gasteiger partial charge is 0.375 e. The van der Waals surface area contributed by atoms with Crippen molar-refractivity contribution < 1.29 is 0 Å². The van der Waals surface area contributed by atoms with Crippen LogP contribution < -0.4 is 5.73 Å². The highest BCUT2D eigenvalue weighted by Gasteiger charge is 2.29. The van der Waals surface area contributed by atoms with Crippen molar-refractivity contribution in [1.82, 2.24) is 29.3 Å². The molecule has 7 heteroatoms. The Bertz CT molecular complexity index is 1130. The molecule has 0 spiro atoms. The van der Waals surface area contributed by atoms with E-state index in [4.69, 9.17) is 10.7 Å². The Hall–Kier alpha value is -2.93. The summed E-state index contributed by atoms with van der Waals surface area (Å²) in [5, 5.41) is 0. The maximum absolute atomic E-state index is 5.61. The topological polar surface area (TPSA) is 76.1 Å². The van der Waals surface area contributed by atoms with Crippen molar-refractivity contribution in [2.24, 2.45) is 5.92 Å². The molecule has 7 nitrogen and oxygen atoms in total. The van der Waals surface area contributed by atoms with Crippen molar-refractivity contribution in [2.75, 3.05) is 31.9 Å². The normalized spacial score (nSPS) is 18.6. The Morgan fingerprint density at radius 1 is 1.06 bits per heavy atom. The Kier molecular flexibility index (Phi) is 6.55. The average Bonchev–Trinajstić information content (AvgIpc) is 3.23. The van der Waals surface area contributed by atoms with Crippen LogP contribution in [0.4, 0.5) is 5.95 Å². The number of benzene rings is 1. The first-order chi connectivity index (χ1) is 16.5. The van der Waals surface area contributed by atoms with Gasteiger partial charge in [-0.05, 0) is 63.4 Å². The Morgan fingerprint density at radius 3 is 2.44 bits per heavy atom. The van der Waals surface area contributed by atoms with E-state index in [1.54, 1.807) is 0 Å². The maximum atomic E-state index is 5.61. The van der Waals surface area contributed by atoms with Crippen molar-refractivity contribution >= 4 is 17.0 Å². The first-order valence-corrected chi connectivity index (χ1v) is 12.7. The van der Waals surface area contributed by atoms with Gasteiger partial charge in [0.15, 0.2) is 0 Å². The lowest BCUT2D eigenvalue weighted by Gasteiger charge is -2.41. The van der Waals surface area contributed by atoms with Gasteiger partial charge in [-0.15, -0.1) is 0 Å². The van der Waals surface area contributed by atoms with Crippen LogP contribution in [0.5, 0.6) is 0 Å². The van der Waals surface area contributed by atoms with Crippen LogP contribution in [0.15, 0.2) is 42.9 Å². The number of hydrogen-bond acceptors (Lipinski definition) is 6. The fraction of sp³-hybridized carbons (Fsp3) is 0.519. The van der Waals surface area contributed by atoms with E-state index in [0.717, 1.165) is 63.1 Å². The molecule has 4 heterocycles. The van der Waals surface area contributed by atoms with Gasteiger partial charge in [0.1, 0.15) is 5.82 Å². The van der Waals surface area contributed by atoms with Crippen molar-refractivity contribution in [3.8, 4) is 0 Å². The van der Waals surface area contributed by atoms with Gasteiger partial charge < -0.3 is 15.2 Å². The maximum Gasteiger partial charge on any atom is 0.219 e. The van der Waals surface area contributed by atoms with Gasteiger partial charge in [0, 0.05) is 61.7 Å². The number of aryl methyl sites for hydroxylation is 2. The number of nitrogen functional groups attached to an aromatic ring is 1. The Balaban J connectivity index is 1.16. The monoisotopic (exact) mass is 459 g/mol. The van der Waals surface area contributed by atoms with E-state index in [9.17, 15) is 0 Å². The van der Waals surface area contributed by atoms with Crippen molar-refractivity contribution in [2.45, 2.75) is 58.5 Å². The predicted octanol–water partition coefficient (Wildman–Crippen LogP) is 4.34. The van der Waals surface area contributed by atoms with Gasteiger partial charge in [-0.2, -0.15) is 0 Å². The number of allylic oxidation sites excluding steroid dienone is 1. The highest BCUT2D eigenvalue weighted by Crippen LogP contribution is 2.33. The molecule has 0 atom stereocenters. The number of hydrogen-bond donors (Lipinski definition) is 1. The third kappa shape index (κ3) is 4.67. The second-order valence-corrected chi connectivity index (χ2v) is 9.95. The molecule has 0 unspecified atom stereocenters. The molecule has 3 aromatic rings. The van der Waals surface area contributed by atoms with Crippen LogP contribution in [0.3, 0.4) is 0 Å². The second-order valence-electron chi connectivity index (χ2n) is 9.95. The van der Waals surface area contributed by atoms with Crippen LogP contribution in [-0.2, 0) is 13.0 Å². The van der Waals surface area contributed by atoms with E-state index < -0.39 is 0 Å². The number of aromatic nitrogens is 4. The summed E-state index contributed by atoms with van der Waals surface area (Å²) in [6, 6.07) is 7.21. The first kappa shape index (κ1) is 22.8. The molecule has 180 valence electrons. The molecule has 0 aliphatic carbocycles. The lowest BCUT2D eigenvalue weighted by atomic mass is 9.91. The van der Waals surface area contributed by atoms with Crippen molar-refractivity contribution in [3.63, 3.8) is 0 Å². The zero-order valence-electron chi connectivity index (χ0n) is 20.6. The van der Waals surface area contributed by atoms with E-state index in [0.29, 0.717) is 17.9 Å². The highest BCUT2D eigenvalue weighted by molar-refractivity contribution is 5.77.